The third-order valence-electron chi connectivity index (χ3n) is 2.05. The van der Waals surface area contributed by atoms with E-state index in [2.05, 4.69) is 0 Å². The molecular formula is C6H8FNO4. The molecule has 0 unspecified atom stereocenters. The summed E-state index contributed by atoms with van der Waals surface area (Å²) in [5.74, 6) is -2.88. The first-order valence-electron chi connectivity index (χ1n) is 3.25. The average molecular weight is 177 g/mol. The monoisotopic (exact) mass is 177 g/mol. The molecule has 0 aromatic rings. The normalized spacial score (nSPS) is 39.2. The average Bonchev–Trinajstić information content (AvgIpc) is 2.33. The highest BCUT2D eigenvalue weighted by Crippen LogP contribution is 2.51. The number of aliphatic carboxylic acids is 2. The van der Waals surface area contributed by atoms with Crippen molar-refractivity contribution in [1.29, 1.82) is 0 Å². The Morgan fingerprint density at radius 3 is 2.25 bits per heavy atom. The van der Waals surface area contributed by atoms with Gasteiger partial charge in [-0.05, 0) is 0 Å². The smallest absolute Gasteiger partial charge is 0.327 e. The van der Waals surface area contributed by atoms with Gasteiger partial charge in [0.2, 0.25) is 0 Å². The third-order valence-corrected chi connectivity index (χ3v) is 2.05. The maximum atomic E-state index is 13.2. The van der Waals surface area contributed by atoms with Crippen molar-refractivity contribution in [3.05, 3.63) is 0 Å². The summed E-state index contributed by atoms with van der Waals surface area (Å²) in [6.07, 6.45) is -1.28. The first-order valence-corrected chi connectivity index (χ1v) is 3.25. The molecule has 1 fully saturated rings. The molecule has 5 nitrogen and oxygen atoms in total. The van der Waals surface area contributed by atoms with E-state index in [1.165, 1.54) is 0 Å². The maximum Gasteiger partial charge on any atom is 0.327 e. The van der Waals surface area contributed by atoms with Crippen LogP contribution in [0.25, 0.3) is 0 Å². The fourth-order valence-electron chi connectivity index (χ4n) is 1.12. The Hall–Kier alpha value is -1.17. The van der Waals surface area contributed by atoms with Crippen LogP contribution in [0.5, 0.6) is 0 Å². The molecule has 1 rings (SSSR count). The summed E-state index contributed by atoms with van der Waals surface area (Å²) in [6.45, 7) is 0. The molecule has 1 saturated carbocycles. The first-order chi connectivity index (χ1) is 5.32. The van der Waals surface area contributed by atoms with Crippen LogP contribution in [0.2, 0.25) is 0 Å². The zero-order valence-electron chi connectivity index (χ0n) is 6.08. The molecule has 12 heavy (non-hydrogen) atoms. The van der Waals surface area contributed by atoms with E-state index in [0.717, 1.165) is 0 Å². The van der Waals surface area contributed by atoms with Crippen LogP contribution in [0.1, 0.15) is 12.8 Å². The molecule has 0 radical (unpaired) electrons. The number of alkyl halides is 1. The van der Waals surface area contributed by atoms with E-state index < -0.39 is 36.0 Å². The molecule has 1 aliphatic carbocycles. The standard InChI is InChI=1S/C6H8FNO4/c7-5(1-3(9)10)2-6(5,8)4(11)12/h1-2,8H2,(H,9,10)(H,11,12)/t5-,6-/m0/s1. The van der Waals surface area contributed by atoms with Gasteiger partial charge in [-0.2, -0.15) is 0 Å². The van der Waals surface area contributed by atoms with Gasteiger partial charge in [-0.1, -0.05) is 0 Å². The summed E-state index contributed by atoms with van der Waals surface area (Å²) in [6, 6.07) is 0. The minimum absolute atomic E-state index is 0.429. The van der Waals surface area contributed by atoms with Crippen molar-refractivity contribution in [3.8, 4) is 0 Å². The Labute approximate surface area is 67.0 Å². The Balaban J connectivity index is 2.70. The van der Waals surface area contributed by atoms with Gasteiger partial charge in [0.05, 0.1) is 6.42 Å². The molecular weight excluding hydrogens is 169 g/mol. The van der Waals surface area contributed by atoms with Crippen molar-refractivity contribution >= 4 is 11.9 Å². The van der Waals surface area contributed by atoms with Gasteiger partial charge in [0.15, 0.2) is 11.2 Å². The van der Waals surface area contributed by atoms with Crippen LogP contribution < -0.4 is 5.73 Å². The fraction of sp³-hybridized carbons (Fsp3) is 0.667. The van der Waals surface area contributed by atoms with Gasteiger partial charge < -0.3 is 15.9 Å². The van der Waals surface area contributed by atoms with Gasteiger partial charge in [-0.25, -0.2) is 4.39 Å². The summed E-state index contributed by atoms with van der Waals surface area (Å²) in [5, 5.41) is 16.6. The van der Waals surface area contributed by atoms with Gasteiger partial charge in [-0.15, -0.1) is 0 Å². The summed E-state index contributed by atoms with van der Waals surface area (Å²) >= 11 is 0. The summed E-state index contributed by atoms with van der Waals surface area (Å²) in [7, 11) is 0. The van der Waals surface area contributed by atoms with Gasteiger partial charge in [0, 0.05) is 6.42 Å². The predicted octanol–water partition coefficient (Wildman–Crippen LogP) is -0.645. The van der Waals surface area contributed by atoms with Crippen LogP contribution in [0, 0.1) is 0 Å². The predicted molar refractivity (Wildman–Crippen MR) is 35.3 cm³/mol. The van der Waals surface area contributed by atoms with Crippen LogP contribution in [-0.2, 0) is 9.59 Å². The number of hydrogen-bond donors (Lipinski definition) is 3. The van der Waals surface area contributed by atoms with E-state index in [9.17, 15) is 14.0 Å². The lowest BCUT2D eigenvalue weighted by Gasteiger charge is -2.07. The molecule has 0 spiro atoms. The third kappa shape index (κ3) is 1.04. The van der Waals surface area contributed by atoms with Crippen molar-refractivity contribution in [2.24, 2.45) is 5.73 Å². The lowest BCUT2D eigenvalue weighted by Crippen LogP contribution is -2.41. The molecule has 6 heteroatoms. The van der Waals surface area contributed by atoms with Crippen LogP contribution in [0.3, 0.4) is 0 Å². The lowest BCUT2D eigenvalue weighted by atomic mass is 10.1. The number of carboxylic acid groups (broad SMARTS) is 2. The topological polar surface area (TPSA) is 101 Å². The molecule has 0 aliphatic heterocycles. The second-order valence-electron chi connectivity index (χ2n) is 2.99. The van der Waals surface area contributed by atoms with E-state index in [1.807, 2.05) is 0 Å². The molecule has 0 bridgehead atoms. The van der Waals surface area contributed by atoms with E-state index in [4.69, 9.17) is 15.9 Å². The molecule has 68 valence electrons. The van der Waals surface area contributed by atoms with Crippen molar-refractivity contribution in [2.45, 2.75) is 24.0 Å². The van der Waals surface area contributed by atoms with Gasteiger partial charge in [0.25, 0.3) is 0 Å². The number of nitrogens with two attached hydrogens (primary N) is 1. The van der Waals surface area contributed by atoms with Gasteiger partial charge >= 0.3 is 11.9 Å². The fourth-order valence-corrected chi connectivity index (χ4v) is 1.12. The van der Waals surface area contributed by atoms with Crippen LogP contribution in [0.15, 0.2) is 0 Å². The zero-order chi connectivity index (χ0) is 9.57. The molecule has 2 atom stereocenters. The Kier molecular flexibility index (Phi) is 1.61. The molecule has 0 amide bonds. The summed E-state index contributed by atoms with van der Waals surface area (Å²) < 4.78 is 13.2. The largest absolute Gasteiger partial charge is 0.481 e. The Morgan fingerprint density at radius 1 is 1.50 bits per heavy atom. The van der Waals surface area contributed by atoms with Crippen molar-refractivity contribution < 1.29 is 24.2 Å². The molecule has 1 aliphatic rings. The van der Waals surface area contributed by atoms with E-state index >= 15 is 0 Å². The van der Waals surface area contributed by atoms with Gasteiger partial charge in [-0.3, -0.25) is 9.59 Å². The maximum absolute atomic E-state index is 13.2. The summed E-state index contributed by atoms with van der Waals surface area (Å²) in [4.78, 5) is 20.4. The highest BCUT2D eigenvalue weighted by Gasteiger charge is 2.73. The van der Waals surface area contributed by atoms with Crippen LogP contribution >= 0.6 is 0 Å². The minimum Gasteiger partial charge on any atom is -0.481 e. The molecule has 0 aromatic carbocycles. The number of carbonyl (C=O) groups is 2. The second kappa shape index (κ2) is 2.16. The van der Waals surface area contributed by atoms with Crippen molar-refractivity contribution in [2.75, 3.05) is 0 Å². The molecule has 0 saturated heterocycles. The highest BCUT2D eigenvalue weighted by atomic mass is 19.1. The Morgan fingerprint density at radius 2 is 2.00 bits per heavy atom. The second-order valence-corrected chi connectivity index (χ2v) is 2.99. The number of carboxylic acids is 2. The number of hydrogen-bond acceptors (Lipinski definition) is 3. The number of rotatable bonds is 3. The Bertz CT molecular complexity index is 256. The quantitative estimate of drug-likeness (QED) is 0.532. The molecule has 4 N–H and O–H groups in total. The SMILES string of the molecule is N[C@]1(C(=O)O)C[C@@]1(F)CC(=O)O. The summed E-state index contributed by atoms with van der Waals surface area (Å²) in [5.41, 5.74) is 0.810. The van der Waals surface area contributed by atoms with Crippen LogP contribution in [0.4, 0.5) is 4.39 Å². The number of halogens is 1. The first kappa shape index (κ1) is 8.92. The van der Waals surface area contributed by atoms with E-state index in [-0.39, 0.29) is 0 Å². The van der Waals surface area contributed by atoms with E-state index in [1.54, 1.807) is 0 Å². The molecule has 0 aromatic heterocycles. The minimum atomic E-state index is -2.27. The zero-order valence-corrected chi connectivity index (χ0v) is 6.08. The van der Waals surface area contributed by atoms with Gasteiger partial charge in [0.1, 0.15) is 0 Å². The van der Waals surface area contributed by atoms with E-state index in [0.29, 0.717) is 0 Å². The van der Waals surface area contributed by atoms with Crippen molar-refractivity contribution in [1.82, 2.24) is 0 Å². The van der Waals surface area contributed by atoms with Crippen molar-refractivity contribution in [3.63, 3.8) is 0 Å². The molecule has 0 heterocycles. The lowest BCUT2D eigenvalue weighted by molar-refractivity contribution is -0.142. The van der Waals surface area contributed by atoms with Crippen LogP contribution in [-0.4, -0.2) is 33.4 Å². The highest BCUT2D eigenvalue weighted by molar-refractivity contribution is 5.87.